The fraction of sp³-hybridized carbons (Fsp3) is 0.727. The molecule has 0 atom stereocenters. The van der Waals surface area contributed by atoms with Crippen molar-refractivity contribution < 1.29 is 15.0 Å². The van der Waals surface area contributed by atoms with Gasteiger partial charge >= 0.3 is 5.97 Å². The van der Waals surface area contributed by atoms with Gasteiger partial charge in [-0.1, -0.05) is 6.08 Å². The van der Waals surface area contributed by atoms with E-state index in [1.54, 1.807) is 6.92 Å². The lowest BCUT2D eigenvalue weighted by atomic mass is 9.82. The Balaban J connectivity index is 2.42. The summed E-state index contributed by atoms with van der Waals surface area (Å²) in [5.41, 5.74) is 0.442. The number of aliphatic hydroxyl groups is 1. The van der Waals surface area contributed by atoms with Crippen molar-refractivity contribution in [3.05, 3.63) is 11.6 Å². The molecule has 3 heteroatoms. The van der Waals surface area contributed by atoms with Crippen molar-refractivity contribution in [2.75, 3.05) is 6.61 Å². The summed E-state index contributed by atoms with van der Waals surface area (Å²) in [6.45, 7) is 1.91. The highest BCUT2D eigenvalue weighted by atomic mass is 16.4. The third-order valence-corrected chi connectivity index (χ3v) is 2.97. The zero-order valence-corrected chi connectivity index (χ0v) is 8.57. The maximum Gasteiger partial charge on any atom is 0.330 e. The predicted molar refractivity (Wildman–Crippen MR) is 53.9 cm³/mol. The molecular weight excluding hydrogens is 180 g/mol. The van der Waals surface area contributed by atoms with Gasteiger partial charge in [-0.2, -0.15) is 0 Å². The largest absolute Gasteiger partial charge is 0.478 e. The second-order valence-corrected chi connectivity index (χ2v) is 4.12. The predicted octanol–water partition coefficient (Wildman–Crippen LogP) is 1.82. The van der Waals surface area contributed by atoms with Gasteiger partial charge in [0.05, 0.1) is 0 Å². The monoisotopic (exact) mass is 198 g/mol. The highest BCUT2D eigenvalue weighted by Crippen LogP contribution is 2.29. The van der Waals surface area contributed by atoms with E-state index in [0.717, 1.165) is 25.7 Å². The van der Waals surface area contributed by atoms with Crippen LogP contribution < -0.4 is 0 Å². The van der Waals surface area contributed by atoms with E-state index in [1.165, 1.54) is 0 Å². The Morgan fingerprint density at radius 2 is 1.93 bits per heavy atom. The standard InChI is InChI=1S/C11H18O3/c1-8(11(13)14)6-9-2-4-10(7-12)5-3-9/h6,9-10,12H,2-5,7H2,1H3,(H,13,14)/b8-6+. The molecule has 0 unspecified atom stereocenters. The Kier molecular flexibility index (Phi) is 4.14. The van der Waals surface area contributed by atoms with E-state index in [0.29, 0.717) is 17.4 Å². The minimum Gasteiger partial charge on any atom is -0.478 e. The van der Waals surface area contributed by atoms with Crippen molar-refractivity contribution >= 4 is 5.97 Å². The molecule has 1 fully saturated rings. The van der Waals surface area contributed by atoms with Crippen LogP contribution in [0.4, 0.5) is 0 Å². The van der Waals surface area contributed by atoms with Crippen LogP contribution in [-0.2, 0) is 4.79 Å². The van der Waals surface area contributed by atoms with E-state index in [-0.39, 0.29) is 6.61 Å². The molecule has 0 aromatic heterocycles. The van der Waals surface area contributed by atoms with Crippen molar-refractivity contribution in [2.24, 2.45) is 11.8 Å². The first-order valence-electron chi connectivity index (χ1n) is 5.16. The molecule has 2 N–H and O–H groups in total. The first-order valence-corrected chi connectivity index (χ1v) is 5.16. The summed E-state index contributed by atoms with van der Waals surface area (Å²) in [5, 5.41) is 17.6. The van der Waals surface area contributed by atoms with Crippen molar-refractivity contribution in [3.8, 4) is 0 Å². The number of carboxylic acid groups (broad SMARTS) is 1. The summed E-state index contributed by atoms with van der Waals surface area (Å²) in [5.74, 6) is 0.00738. The van der Waals surface area contributed by atoms with Crippen LogP contribution in [0.3, 0.4) is 0 Å². The minimum atomic E-state index is -0.825. The second-order valence-electron chi connectivity index (χ2n) is 4.12. The number of hydrogen-bond donors (Lipinski definition) is 2. The quantitative estimate of drug-likeness (QED) is 0.680. The summed E-state index contributed by atoms with van der Waals surface area (Å²) >= 11 is 0. The molecule has 0 spiro atoms. The summed E-state index contributed by atoms with van der Waals surface area (Å²) < 4.78 is 0. The SMILES string of the molecule is C/C(=C\C1CCC(CO)CC1)C(=O)O. The van der Waals surface area contributed by atoms with Crippen LogP contribution in [0, 0.1) is 11.8 Å². The van der Waals surface area contributed by atoms with Gasteiger partial charge in [-0.3, -0.25) is 0 Å². The number of aliphatic hydroxyl groups excluding tert-OH is 1. The van der Waals surface area contributed by atoms with Crippen molar-refractivity contribution in [2.45, 2.75) is 32.6 Å². The molecule has 1 aliphatic carbocycles. The number of carboxylic acids is 1. The van der Waals surface area contributed by atoms with Gasteiger partial charge in [0.25, 0.3) is 0 Å². The zero-order chi connectivity index (χ0) is 10.6. The number of hydrogen-bond acceptors (Lipinski definition) is 2. The van der Waals surface area contributed by atoms with Crippen LogP contribution >= 0.6 is 0 Å². The molecule has 0 aromatic rings. The molecule has 0 radical (unpaired) electrons. The molecule has 0 bridgehead atoms. The van der Waals surface area contributed by atoms with Crippen molar-refractivity contribution in [1.29, 1.82) is 0 Å². The van der Waals surface area contributed by atoms with Crippen LogP contribution in [0.1, 0.15) is 32.6 Å². The summed E-state index contributed by atoms with van der Waals surface area (Å²) in [4.78, 5) is 10.6. The van der Waals surface area contributed by atoms with Gasteiger partial charge in [-0.25, -0.2) is 4.79 Å². The topological polar surface area (TPSA) is 57.5 Å². The van der Waals surface area contributed by atoms with E-state index in [2.05, 4.69) is 0 Å². The summed E-state index contributed by atoms with van der Waals surface area (Å²) in [6.07, 6.45) is 5.91. The average molecular weight is 198 g/mol. The molecule has 14 heavy (non-hydrogen) atoms. The van der Waals surface area contributed by atoms with Gasteiger partial charge in [0.15, 0.2) is 0 Å². The Hall–Kier alpha value is -0.830. The Labute approximate surface area is 84.4 Å². The van der Waals surface area contributed by atoms with Crippen molar-refractivity contribution in [3.63, 3.8) is 0 Å². The van der Waals surface area contributed by atoms with Crippen LogP contribution in [0.25, 0.3) is 0 Å². The molecule has 1 rings (SSSR count). The summed E-state index contributed by atoms with van der Waals surface area (Å²) in [6, 6.07) is 0. The van der Waals surface area contributed by atoms with E-state index < -0.39 is 5.97 Å². The third-order valence-electron chi connectivity index (χ3n) is 2.97. The van der Waals surface area contributed by atoms with E-state index >= 15 is 0 Å². The van der Waals surface area contributed by atoms with Crippen LogP contribution in [0.2, 0.25) is 0 Å². The Bertz CT molecular complexity index is 225. The van der Waals surface area contributed by atoms with Crippen LogP contribution in [0.5, 0.6) is 0 Å². The van der Waals surface area contributed by atoms with Crippen LogP contribution in [0.15, 0.2) is 11.6 Å². The highest BCUT2D eigenvalue weighted by Gasteiger charge is 2.19. The highest BCUT2D eigenvalue weighted by molar-refractivity contribution is 5.85. The molecule has 3 nitrogen and oxygen atoms in total. The third kappa shape index (κ3) is 3.14. The van der Waals surface area contributed by atoms with Crippen molar-refractivity contribution in [1.82, 2.24) is 0 Å². The second kappa shape index (κ2) is 5.15. The average Bonchev–Trinajstić information content (AvgIpc) is 2.19. The van der Waals surface area contributed by atoms with Gasteiger partial charge in [-0.15, -0.1) is 0 Å². The maximum absolute atomic E-state index is 10.6. The molecule has 1 saturated carbocycles. The van der Waals surface area contributed by atoms with Gasteiger partial charge in [0.1, 0.15) is 0 Å². The van der Waals surface area contributed by atoms with E-state index in [9.17, 15) is 4.79 Å². The molecule has 0 saturated heterocycles. The van der Waals surface area contributed by atoms with Gasteiger partial charge in [0.2, 0.25) is 0 Å². The van der Waals surface area contributed by atoms with E-state index in [4.69, 9.17) is 10.2 Å². The van der Waals surface area contributed by atoms with Gasteiger partial charge in [-0.05, 0) is 44.4 Å². The zero-order valence-electron chi connectivity index (χ0n) is 8.57. The number of aliphatic carboxylic acids is 1. The number of rotatable bonds is 3. The Morgan fingerprint density at radius 1 is 1.36 bits per heavy atom. The fourth-order valence-electron chi connectivity index (χ4n) is 1.96. The molecule has 0 aliphatic heterocycles. The first kappa shape index (κ1) is 11.2. The van der Waals surface area contributed by atoms with Gasteiger partial charge in [0, 0.05) is 12.2 Å². The first-order chi connectivity index (χ1) is 6.63. The number of allylic oxidation sites excluding steroid dienone is 1. The fourth-order valence-corrected chi connectivity index (χ4v) is 1.96. The molecular formula is C11H18O3. The molecule has 0 aromatic carbocycles. The smallest absolute Gasteiger partial charge is 0.330 e. The van der Waals surface area contributed by atoms with Gasteiger partial charge < -0.3 is 10.2 Å². The number of carbonyl (C=O) groups is 1. The summed E-state index contributed by atoms with van der Waals surface area (Å²) in [7, 11) is 0. The van der Waals surface area contributed by atoms with Crippen LogP contribution in [-0.4, -0.2) is 22.8 Å². The maximum atomic E-state index is 10.6. The lowest BCUT2D eigenvalue weighted by Gasteiger charge is -2.25. The lowest BCUT2D eigenvalue weighted by Crippen LogP contribution is -2.16. The lowest BCUT2D eigenvalue weighted by molar-refractivity contribution is -0.132. The normalized spacial score (nSPS) is 28.9. The molecule has 0 heterocycles. The molecule has 80 valence electrons. The Morgan fingerprint density at radius 3 is 2.36 bits per heavy atom. The molecule has 0 amide bonds. The minimum absolute atomic E-state index is 0.272. The van der Waals surface area contributed by atoms with E-state index in [1.807, 2.05) is 6.08 Å². The molecule has 1 aliphatic rings.